The van der Waals surface area contributed by atoms with Crippen molar-refractivity contribution in [3.8, 4) is 0 Å². The lowest BCUT2D eigenvalue weighted by Crippen LogP contribution is -2.36. The number of carbonyl (C=O) groups is 1. The minimum Gasteiger partial charge on any atom is -0.276 e. The van der Waals surface area contributed by atoms with Crippen LogP contribution < -0.4 is 5.19 Å². The van der Waals surface area contributed by atoms with E-state index in [2.05, 4.69) is 0 Å². The summed E-state index contributed by atoms with van der Waals surface area (Å²) in [7, 11) is 0. The maximum atomic E-state index is 11.0. The Kier molecular flexibility index (Phi) is 3.41. The van der Waals surface area contributed by atoms with E-state index in [9.17, 15) is 4.79 Å². The van der Waals surface area contributed by atoms with E-state index in [0.717, 1.165) is 0 Å². The Labute approximate surface area is 92.0 Å². The largest absolute Gasteiger partial charge is 0.278 e. The topological polar surface area (TPSA) is 17.1 Å². The fourth-order valence-corrected chi connectivity index (χ4v) is 3.33. The molecule has 5 heteroatoms. The molecule has 0 saturated carbocycles. The van der Waals surface area contributed by atoms with Crippen molar-refractivity contribution in [1.82, 2.24) is 0 Å². The molecule has 0 unspecified atom stereocenters. The third-order valence-corrected chi connectivity index (χ3v) is 4.42. The van der Waals surface area contributed by atoms with Crippen molar-refractivity contribution >= 4 is 50.9 Å². The van der Waals surface area contributed by atoms with Crippen LogP contribution in [0, 0.1) is 0 Å². The van der Waals surface area contributed by atoms with E-state index in [1.54, 1.807) is 30.8 Å². The number of benzene rings is 1. The lowest BCUT2D eigenvalue weighted by Gasteiger charge is -2.13. The fourth-order valence-electron chi connectivity index (χ4n) is 1.04. The molecule has 0 aliphatic rings. The molecule has 0 radical (unpaired) electrons. The van der Waals surface area contributed by atoms with Gasteiger partial charge in [0.1, 0.15) is 0 Å². The lowest BCUT2D eigenvalue weighted by molar-refractivity contribution is 0.108. The minimum atomic E-state index is -2.50. The van der Waals surface area contributed by atoms with Crippen LogP contribution in [-0.2, 0) is 0 Å². The first kappa shape index (κ1) is 11.1. The van der Waals surface area contributed by atoms with E-state index in [4.69, 9.17) is 33.8 Å². The van der Waals surface area contributed by atoms with Gasteiger partial charge in [-0.1, -0.05) is 24.3 Å². The summed E-state index contributed by atoms with van der Waals surface area (Å²) in [6, 6.07) is 6.88. The van der Waals surface area contributed by atoms with Gasteiger partial charge in [0.25, 0.3) is 11.9 Å². The highest BCUT2D eigenvalue weighted by Gasteiger charge is 2.28. The summed E-state index contributed by atoms with van der Waals surface area (Å²) in [5.74, 6) is 0. The van der Waals surface area contributed by atoms with Crippen molar-refractivity contribution in [3.63, 3.8) is 0 Å². The average Bonchev–Trinajstić information content (AvgIpc) is 2.03. The highest BCUT2D eigenvalue weighted by Crippen LogP contribution is 2.17. The number of hydrogen-bond acceptors (Lipinski definition) is 1. The predicted molar refractivity (Wildman–Crippen MR) is 59.6 cm³/mol. The zero-order valence-corrected chi connectivity index (χ0v) is 10.1. The maximum Gasteiger partial charge on any atom is 0.278 e. The van der Waals surface area contributed by atoms with Crippen molar-refractivity contribution in [2.75, 3.05) is 0 Å². The normalized spacial score (nSPS) is 11.4. The number of carbonyl (C=O) groups excluding carboxylic acids is 1. The van der Waals surface area contributed by atoms with Crippen LogP contribution in [0.5, 0.6) is 0 Å². The van der Waals surface area contributed by atoms with Crippen molar-refractivity contribution in [3.05, 3.63) is 29.8 Å². The maximum absolute atomic E-state index is 11.0. The Bertz CT molecular complexity index is 332. The molecule has 0 heterocycles. The van der Waals surface area contributed by atoms with Crippen LogP contribution in [0.25, 0.3) is 0 Å². The van der Waals surface area contributed by atoms with Gasteiger partial charge in [-0.25, -0.2) is 0 Å². The Hall–Kier alpha value is -0.0231. The molecule has 0 aliphatic heterocycles. The molecule has 13 heavy (non-hydrogen) atoms. The van der Waals surface area contributed by atoms with E-state index in [0.29, 0.717) is 10.8 Å². The lowest BCUT2D eigenvalue weighted by atomic mass is 10.2. The van der Waals surface area contributed by atoms with Gasteiger partial charge in [-0.15, -0.1) is 22.2 Å². The van der Waals surface area contributed by atoms with Gasteiger partial charge in [0, 0.05) is 5.56 Å². The molecule has 1 nitrogen and oxygen atoms in total. The van der Waals surface area contributed by atoms with E-state index in [1.807, 2.05) is 0 Å². The fraction of sp³-hybridized carbons (Fsp3) is 0.125. The first-order valence-electron chi connectivity index (χ1n) is 3.60. The summed E-state index contributed by atoms with van der Waals surface area (Å²) in [5.41, 5.74) is 0.406. The second-order valence-corrected chi connectivity index (χ2v) is 10.5. The van der Waals surface area contributed by atoms with Crippen molar-refractivity contribution < 1.29 is 4.79 Å². The summed E-state index contributed by atoms with van der Waals surface area (Å²) >= 11 is 17.4. The highest BCUT2D eigenvalue weighted by molar-refractivity contribution is 7.50. The van der Waals surface area contributed by atoms with E-state index < -0.39 is 11.9 Å². The molecule has 0 spiro atoms. The van der Waals surface area contributed by atoms with E-state index in [-0.39, 0.29) is 0 Å². The third kappa shape index (κ3) is 2.71. The molecule has 1 aromatic carbocycles. The molecule has 0 fully saturated rings. The van der Waals surface area contributed by atoms with Crippen LogP contribution in [0.1, 0.15) is 10.4 Å². The summed E-state index contributed by atoms with van der Waals surface area (Å²) in [5, 5.41) is 0.147. The minimum absolute atomic E-state index is 0.406. The van der Waals surface area contributed by atoms with Gasteiger partial charge in [0.05, 0.1) is 0 Å². The molecule has 0 N–H and O–H groups in total. The summed E-state index contributed by atoms with van der Waals surface area (Å²) < 4.78 is 0. The standard InChI is InChI=1S/C8H7Cl3OSi/c1-13(10,11)7-5-3-2-4-6(7)8(9)12/h2-5H,1H3. The zero-order valence-electron chi connectivity index (χ0n) is 6.85. The van der Waals surface area contributed by atoms with Gasteiger partial charge in [-0.05, 0) is 23.3 Å². The van der Waals surface area contributed by atoms with Crippen molar-refractivity contribution in [2.45, 2.75) is 6.55 Å². The molecule has 0 atom stereocenters. The molecule has 0 aromatic heterocycles. The van der Waals surface area contributed by atoms with Gasteiger partial charge in [-0.2, -0.15) is 0 Å². The smallest absolute Gasteiger partial charge is 0.276 e. The van der Waals surface area contributed by atoms with Crippen LogP contribution >= 0.6 is 33.8 Å². The zero-order chi connectivity index (χ0) is 10.1. The van der Waals surface area contributed by atoms with E-state index in [1.165, 1.54) is 0 Å². The molecule has 0 amide bonds. The van der Waals surface area contributed by atoms with Gasteiger partial charge in [0.2, 0.25) is 0 Å². The van der Waals surface area contributed by atoms with Crippen LogP contribution in [0.4, 0.5) is 0 Å². The predicted octanol–water partition coefficient (Wildman–Crippen LogP) is 2.82. The van der Waals surface area contributed by atoms with Gasteiger partial charge in [-0.3, -0.25) is 4.79 Å². The Morgan fingerprint density at radius 2 is 1.85 bits per heavy atom. The van der Waals surface area contributed by atoms with Crippen LogP contribution in [0.2, 0.25) is 6.55 Å². The second-order valence-electron chi connectivity index (χ2n) is 2.71. The average molecular weight is 254 g/mol. The summed E-state index contributed by atoms with van der Waals surface area (Å²) in [4.78, 5) is 11.0. The second kappa shape index (κ2) is 4.01. The molecule has 1 rings (SSSR count). The van der Waals surface area contributed by atoms with Gasteiger partial charge >= 0.3 is 0 Å². The van der Waals surface area contributed by atoms with Gasteiger partial charge in [0.15, 0.2) is 0 Å². The van der Waals surface area contributed by atoms with Crippen LogP contribution in [0.15, 0.2) is 24.3 Å². The molecule has 0 aliphatic carbocycles. The first-order chi connectivity index (χ1) is 5.93. The number of halogens is 3. The van der Waals surface area contributed by atoms with Crippen LogP contribution in [0.3, 0.4) is 0 Å². The van der Waals surface area contributed by atoms with E-state index >= 15 is 0 Å². The molecule has 1 aromatic rings. The number of rotatable bonds is 2. The Morgan fingerprint density at radius 1 is 1.31 bits per heavy atom. The highest BCUT2D eigenvalue weighted by atomic mass is 35.7. The van der Waals surface area contributed by atoms with Crippen molar-refractivity contribution in [2.24, 2.45) is 0 Å². The quantitative estimate of drug-likeness (QED) is 0.450. The summed E-state index contributed by atoms with van der Waals surface area (Å²) in [6.07, 6.45) is 0. The van der Waals surface area contributed by atoms with Crippen LogP contribution in [-0.4, -0.2) is 11.9 Å². The monoisotopic (exact) mass is 252 g/mol. The Balaban J connectivity index is 3.28. The molecule has 0 bridgehead atoms. The van der Waals surface area contributed by atoms with Crippen molar-refractivity contribution in [1.29, 1.82) is 0 Å². The first-order valence-corrected chi connectivity index (χ1v) is 8.50. The molecular formula is C8H7Cl3OSi. The molecular weight excluding hydrogens is 247 g/mol. The molecule has 70 valence electrons. The SMILES string of the molecule is C[Si](Cl)(Cl)c1ccccc1C(=O)Cl. The summed E-state index contributed by atoms with van der Waals surface area (Å²) in [6.45, 7) is -0.771. The van der Waals surface area contributed by atoms with Gasteiger partial charge < -0.3 is 0 Å². The third-order valence-electron chi connectivity index (χ3n) is 1.61. The Morgan fingerprint density at radius 3 is 2.23 bits per heavy atom. The molecule has 0 saturated heterocycles. The number of hydrogen-bond donors (Lipinski definition) is 0.